The van der Waals surface area contributed by atoms with E-state index in [-0.39, 0.29) is 24.0 Å². The summed E-state index contributed by atoms with van der Waals surface area (Å²) < 4.78 is 24.9. The molecule has 4 rings (SSSR count). The van der Waals surface area contributed by atoms with Gasteiger partial charge in [-0.1, -0.05) is 0 Å². The number of amides is 2. The van der Waals surface area contributed by atoms with E-state index < -0.39 is 11.8 Å². The van der Waals surface area contributed by atoms with E-state index in [1.165, 1.54) is 35.0 Å². The van der Waals surface area contributed by atoms with Crippen LogP contribution in [0.2, 0.25) is 0 Å². The van der Waals surface area contributed by atoms with Gasteiger partial charge in [-0.2, -0.15) is 0 Å². The van der Waals surface area contributed by atoms with E-state index in [0.717, 1.165) is 0 Å². The highest BCUT2D eigenvalue weighted by molar-refractivity contribution is 5.98. The minimum atomic E-state index is -0.696. The number of hydrogen-bond acceptors (Lipinski definition) is 6. The monoisotopic (exact) mass is 383 g/mol. The quantitative estimate of drug-likeness (QED) is 0.664. The second-order valence-corrected chi connectivity index (χ2v) is 5.85. The van der Waals surface area contributed by atoms with Crippen LogP contribution in [0.25, 0.3) is 5.69 Å². The third kappa shape index (κ3) is 3.34. The topological polar surface area (TPSA) is 107 Å². The van der Waals surface area contributed by atoms with Crippen molar-refractivity contribution in [1.29, 1.82) is 0 Å². The first-order valence-corrected chi connectivity index (χ1v) is 8.21. The van der Waals surface area contributed by atoms with E-state index in [2.05, 4.69) is 20.9 Å². The zero-order chi connectivity index (χ0) is 19.7. The van der Waals surface area contributed by atoms with Gasteiger partial charge in [0.15, 0.2) is 11.5 Å². The van der Waals surface area contributed by atoms with Crippen molar-refractivity contribution in [3.05, 3.63) is 65.5 Å². The molecule has 1 aliphatic heterocycles. The molecule has 0 saturated carbocycles. The first-order valence-electron chi connectivity index (χ1n) is 8.21. The highest BCUT2D eigenvalue weighted by atomic mass is 19.1. The molecule has 10 heteroatoms. The van der Waals surface area contributed by atoms with Crippen LogP contribution >= 0.6 is 0 Å². The maximum absolute atomic E-state index is 13.1. The van der Waals surface area contributed by atoms with Crippen LogP contribution in [0, 0.1) is 12.7 Å². The fraction of sp³-hybridized carbons (Fsp3) is 0.111. The number of ether oxygens (including phenoxy) is 2. The third-order valence-corrected chi connectivity index (χ3v) is 3.97. The van der Waals surface area contributed by atoms with Gasteiger partial charge in [-0.25, -0.2) is 14.1 Å². The zero-order valence-electron chi connectivity index (χ0n) is 14.6. The van der Waals surface area contributed by atoms with Gasteiger partial charge in [0.2, 0.25) is 12.6 Å². The normalized spacial score (nSPS) is 11.9. The number of rotatable bonds is 3. The first-order chi connectivity index (χ1) is 13.5. The van der Waals surface area contributed by atoms with Gasteiger partial charge in [0.1, 0.15) is 11.6 Å². The Hall–Kier alpha value is -3.95. The van der Waals surface area contributed by atoms with Crippen LogP contribution in [0.5, 0.6) is 11.5 Å². The van der Waals surface area contributed by atoms with Gasteiger partial charge in [0.25, 0.3) is 5.91 Å². The van der Waals surface area contributed by atoms with E-state index in [1.807, 2.05) is 0 Å². The SMILES string of the molecule is Cc1nc(C(=O)NNC(=O)c2ccc3c(c2)OCO3)nn1-c1ccc(F)cc1. The molecule has 0 atom stereocenters. The van der Waals surface area contributed by atoms with Crippen molar-refractivity contribution in [2.45, 2.75) is 6.92 Å². The van der Waals surface area contributed by atoms with Crippen LogP contribution in [0.4, 0.5) is 4.39 Å². The Morgan fingerprint density at radius 2 is 1.75 bits per heavy atom. The van der Waals surface area contributed by atoms with Crippen LogP contribution in [0.1, 0.15) is 26.8 Å². The molecule has 0 aliphatic carbocycles. The number of nitrogens with one attached hydrogen (secondary N) is 2. The smallest absolute Gasteiger partial charge is 0.309 e. The van der Waals surface area contributed by atoms with Crippen molar-refractivity contribution in [1.82, 2.24) is 25.6 Å². The largest absolute Gasteiger partial charge is 0.454 e. The Balaban J connectivity index is 1.43. The number of hydrazine groups is 1. The summed E-state index contributed by atoms with van der Waals surface area (Å²) in [6.07, 6.45) is 0. The van der Waals surface area contributed by atoms with Crippen LogP contribution in [-0.4, -0.2) is 33.4 Å². The molecule has 2 heterocycles. The minimum Gasteiger partial charge on any atom is -0.454 e. The summed E-state index contributed by atoms with van der Waals surface area (Å²) in [6.45, 7) is 1.75. The molecule has 9 nitrogen and oxygen atoms in total. The molecule has 2 N–H and O–H groups in total. The van der Waals surface area contributed by atoms with Crippen LogP contribution < -0.4 is 20.3 Å². The van der Waals surface area contributed by atoms with Crippen molar-refractivity contribution >= 4 is 11.8 Å². The molecular formula is C18H14FN5O4. The maximum Gasteiger partial charge on any atom is 0.309 e. The summed E-state index contributed by atoms with van der Waals surface area (Å²) in [6, 6.07) is 10.2. The number of carbonyl (C=O) groups excluding carboxylic acids is 2. The number of benzene rings is 2. The predicted molar refractivity (Wildman–Crippen MR) is 93.6 cm³/mol. The van der Waals surface area contributed by atoms with Crippen molar-refractivity contribution in [3.63, 3.8) is 0 Å². The summed E-state index contributed by atoms with van der Waals surface area (Å²) in [7, 11) is 0. The lowest BCUT2D eigenvalue weighted by atomic mass is 10.2. The third-order valence-electron chi connectivity index (χ3n) is 3.97. The molecule has 0 spiro atoms. The van der Waals surface area contributed by atoms with Crippen molar-refractivity contribution in [3.8, 4) is 17.2 Å². The second kappa shape index (κ2) is 6.99. The Bertz CT molecular complexity index is 1060. The average molecular weight is 383 g/mol. The Morgan fingerprint density at radius 1 is 1.04 bits per heavy atom. The van der Waals surface area contributed by atoms with Crippen LogP contribution in [-0.2, 0) is 0 Å². The molecule has 1 aliphatic rings. The van der Waals surface area contributed by atoms with Gasteiger partial charge in [-0.15, -0.1) is 5.10 Å². The lowest BCUT2D eigenvalue weighted by molar-refractivity contribution is 0.0841. The van der Waals surface area contributed by atoms with Crippen LogP contribution in [0.3, 0.4) is 0 Å². The van der Waals surface area contributed by atoms with E-state index in [1.54, 1.807) is 19.1 Å². The number of carbonyl (C=O) groups is 2. The molecule has 0 unspecified atom stereocenters. The molecule has 0 radical (unpaired) electrons. The number of hydrogen-bond donors (Lipinski definition) is 2. The average Bonchev–Trinajstić information content (AvgIpc) is 3.32. The van der Waals surface area contributed by atoms with E-state index >= 15 is 0 Å². The van der Waals surface area contributed by atoms with Crippen molar-refractivity contribution in [2.24, 2.45) is 0 Å². The Kier molecular flexibility index (Phi) is 4.36. The molecule has 2 aromatic carbocycles. The Morgan fingerprint density at radius 3 is 2.54 bits per heavy atom. The van der Waals surface area contributed by atoms with Gasteiger partial charge in [-0.05, 0) is 49.4 Å². The first kappa shape index (κ1) is 17.5. The predicted octanol–water partition coefficient (Wildman–Crippen LogP) is 1.52. The second-order valence-electron chi connectivity index (χ2n) is 5.85. The summed E-state index contributed by atoms with van der Waals surface area (Å²) in [5.74, 6) is -0.335. The zero-order valence-corrected chi connectivity index (χ0v) is 14.6. The number of nitrogens with zero attached hydrogens (tertiary/aromatic N) is 3. The molecule has 3 aromatic rings. The number of fused-ring (bicyclic) bond motifs is 1. The van der Waals surface area contributed by atoms with E-state index in [9.17, 15) is 14.0 Å². The van der Waals surface area contributed by atoms with Gasteiger partial charge in [-0.3, -0.25) is 20.4 Å². The highest BCUT2D eigenvalue weighted by Crippen LogP contribution is 2.32. The van der Waals surface area contributed by atoms with Gasteiger partial charge in [0, 0.05) is 5.56 Å². The van der Waals surface area contributed by atoms with Gasteiger partial charge in [0.05, 0.1) is 5.69 Å². The molecule has 0 bridgehead atoms. The van der Waals surface area contributed by atoms with Gasteiger partial charge >= 0.3 is 5.91 Å². The molecule has 0 fully saturated rings. The van der Waals surface area contributed by atoms with Crippen LogP contribution in [0.15, 0.2) is 42.5 Å². The number of halogens is 1. The fourth-order valence-electron chi connectivity index (χ4n) is 2.59. The fourth-order valence-corrected chi connectivity index (χ4v) is 2.59. The Labute approximate surface area is 158 Å². The number of aromatic nitrogens is 3. The minimum absolute atomic E-state index is 0.0961. The summed E-state index contributed by atoms with van der Waals surface area (Å²) >= 11 is 0. The molecular weight excluding hydrogens is 369 g/mol. The molecule has 28 heavy (non-hydrogen) atoms. The van der Waals surface area contributed by atoms with E-state index in [4.69, 9.17) is 9.47 Å². The van der Waals surface area contributed by atoms with Crippen molar-refractivity contribution < 1.29 is 23.5 Å². The van der Waals surface area contributed by atoms with Crippen molar-refractivity contribution in [2.75, 3.05) is 6.79 Å². The molecule has 0 saturated heterocycles. The summed E-state index contributed by atoms with van der Waals surface area (Å²) in [5, 5.41) is 4.09. The lowest BCUT2D eigenvalue weighted by Crippen LogP contribution is -2.42. The van der Waals surface area contributed by atoms with E-state index in [0.29, 0.717) is 23.0 Å². The van der Waals surface area contributed by atoms with Gasteiger partial charge < -0.3 is 9.47 Å². The molecule has 2 amide bonds. The standard InChI is InChI=1S/C18H14FN5O4/c1-10-20-16(23-24(10)13-5-3-12(19)4-6-13)18(26)22-21-17(25)11-2-7-14-15(8-11)28-9-27-14/h2-8H,9H2,1H3,(H,21,25)(H,22,26). The number of aryl methyl sites for hydroxylation is 1. The molecule has 142 valence electrons. The summed E-state index contributed by atoms with van der Waals surface area (Å²) in [5.41, 5.74) is 5.38. The lowest BCUT2D eigenvalue weighted by Gasteiger charge is -2.06. The summed E-state index contributed by atoms with van der Waals surface area (Å²) in [4.78, 5) is 28.5. The highest BCUT2D eigenvalue weighted by Gasteiger charge is 2.19. The maximum atomic E-state index is 13.1. The molecule has 1 aromatic heterocycles.